The number of hydrogen-bond acceptors (Lipinski definition) is 5. The van der Waals surface area contributed by atoms with Crippen molar-refractivity contribution in [1.82, 2.24) is 9.88 Å². The number of halogens is 2. The van der Waals surface area contributed by atoms with Crippen LogP contribution in [-0.2, 0) is 18.0 Å². The van der Waals surface area contributed by atoms with Crippen molar-refractivity contribution in [3.8, 4) is 0 Å². The molecule has 2 aliphatic rings. The first kappa shape index (κ1) is 16.5. The highest BCUT2D eigenvalue weighted by Gasteiger charge is 2.33. The highest BCUT2D eigenvalue weighted by Crippen LogP contribution is 2.41. The van der Waals surface area contributed by atoms with Gasteiger partial charge in [0.2, 0.25) is 0 Å². The molecule has 2 aliphatic heterocycles. The second-order valence-electron chi connectivity index (χ2n) is 6.65. The second-order valence-corrected chi connectivity index (χ2v) is 7.82. The van der Waals surface area contributed by atoms with Crippen LogP contribution >= 0.6 is 27.5 Å². The molecule has 2 aromatic rings. The summed E-state index contributed by atoms with van der Waals surface area (Å²) in [4.78, 5) is 8.97. The van der Waals surface area contributed by atoms with Crippen LogP contribution in [0.3, 0.4) is 0 Å². The Labute approximate surface area is 154 Å². The predicted molar refractivity (Wildman–Crippen MR) is 98.6 cm³/mol. The second kappa shape index (κ2) is 6.11. The highest BCUT2D eigenvalue weighted by molar-refractivity contribution is 9.10. The number of ether oxygens (including phenoxy) is 1. The van der Waals surface area contributed by atoms with Gasteiger partial charge < -0.3 is 19.6 Å². The average Bonchev–Trinajstić information content (AvgIpc) is 3.19. The summed E-state index contributed by atoms with van der Waals surface area (Å²) in [5.74, 6) is 0.846. The molecule has 3 heterocycles. The van der Waals surface area contributed by atoms with E-state index in [0.29, 0.717) is 24.8 Å². The van der Waals surface area contributed by atoms with Crippen molar-refractivity contribution in [3.63, 3.8) is 0 Å². The molecule has 1 aromatic carbocycles. The summed E-state index contributed by atoms with van der Waals surface area (Å²) < 4.78 is 6.45. The monoisotopic (exact) mass is 411 g/mol. The van der Waals surface area contributed by atoms with Gasteiger partial charge >= 0.3 is 0 Å². The largest absolute Gasteiger partial charge is 0.390 e. The van der Waals surface area contributed by atoms with Crippen LogP contribution in [-0.4, -0.2) is 54.3 Å². The van der Waals surface area contributed by atoms with Crippen molar-refractivity contribution in [2.75, 3.05) is 32.1 Å². The van der Waals surface area contributed by atoms with Gasteiger partial charge in [0.15, 0.2) is 0 Å². The number of nitrogens with zero attached hydrogens (tertiary/aromatic N) is 3. The zero-order valence-corrected chi connectivity index (χ0v) is 15.9. The number of benzene rings is 1. The quantitative estimate of drug-likeness (QED) is 0.822. The number of rotatable bonds is 2. The zero-order chi connectivity index (χ0) is 17.0. The first-order valence-corrected chi connectivity index (χ1v) is 9.11. The minimum atomic E-state index is -0.381. The molecule has 0 saturated carbocycles. The molecule has 0 bridgehead atoms. The summed E-state index contributed by atoms with van der Waals surface area (Å²) >= 11 is 10.1. The van der Waals surface area contributed by atoms with Gasteiger partial charge in [-0.05, 0) is 53.3 Å². The van der Waals surface area contributed by atoms with Gasteiger partial charge in [0, 0.05) is 22.9 Å². The van der Waals surface area contributed by atoms with Crippen LogP contribution in [0.1, 0.15) is 11.1 Å². The molecule has 0 aliphatic carbocycles. The Morgan fingerprint density at radius 2 is 2.04 bits per heavy atom. The molecule has 128 valence electrons. The van der Waals surface area contributed by atoms with Gasteiger partial charge in [-0.1, -0.05) is 11.6 Å². The third-order valence-electron chi connectivity index (χ3n) is 4.97. The van der Waals surface area contributed by atoms with Crippen LogP contribution in [0.4, 0.5) is 5.82 Å². The minimum Gasteiger partial charge on any atom is -0.390 e. The van der Waals surface area contributed by atoms with Crippen molar-refractivity contribution >= 4 is 44.3 Å². The number of pyridine rings is 1. The molecule has 0 radical (unpaired) electrons. The molecule has 0 spiro atoms. The lowest BCUT2D eigenvalue weighted by atomic mass is 10.0. The number of fused-ring (bicyclic) bond motifs is 3. The number of anilines is 1. The van der Waals surface area contributed by atoms with E-state index in [0.717, 1.165) is 38.9 Å². The van der Waals surface area contributed by atoms with E-state index in [9.17, 15) is 5.11 Å². The SMILES string of the molecule is CN(C)[C@@H]1CN(c2ccc3c4c(c(Br)c(Cl)c3n2)COC4)C[C@@H]1O. The van der Waals surface area contributed by atoms with Gasteiger partial charge in [-0.3, -0.25) is 0 Å². The third-order valence-corrected chi connectivity index (χ3v) is 6.45. The summed E-state index contributed by atoms with van der Waals surface area (Å²) in [6.07, 6.45) is -0.381. The van der Waals surface area contributed by atoms with E-state index in [1.807, 2.05) is 20.2 Å². The van der Waals surface area contributed by atoms with E-state index in [1.54, 1.807) is 0 Å². The fourth-order valence-electron chi connectivity index (χ4n) is 3.60. The first-order chi connectivity index (χ1) is 11.5. The summed E-state index contributed by atoms with van der Waals surface area (Å²) in [6.45, 7) is 2.50. The van der Waals surface area contributed by atoms with Gasteiger partial charge in [-0.15, -0.1) is 0 Å². The normalized spacial score (nSPS) is 23.5. The van der Waals surface area contributed by atoms with Crippen molar-refractivity contribution < 1.29 is 9.84 Å². The molecule has 1 fully saturated rings. The molecule has 24 heavy (non-hydrogen) atoms. The van der Waals surface area contributed by atoms with E-state index in [-0.39, 0.29) is 12.1 Å². The molecule has 5 nitrogen and oxygen atoms in total. The summed E-state index contributed by atoms with van der Waals surface area (Å²) in [7, 11) is 3.98. The minimum absolute atomic E-state index is 0.109. The fourth-order valence-corrected chi connectivity index (χ4v) is 4.40. The number of β-amino-alcohol motifs (C(OH)–C–C–N with tert-alkyl or cyclic N) is 1. The van der Waals surface area contributed by atoms with Gasteiger partial charge in [-0.2, -0.15) is 0 Å². The Hall–Kier alpha value is -0.920. The smallest absolute Gasteiger partial charge is 0.129 e. The lowest BCUT2D eigenvalue weighted by Crippen LogP contribution is -2.38. The Bertz CT molecular complexity index is 814. The Morgan fingerprint density at radius 3 is 2.75 bits per heavy atom. The molecule has 1 N–H and O–H groups in total. The molecule has 0 amide bonds. The lowest BCUT2D eigenvalue weighted by molar-refractivity contribution is 0.114. The van der Waals surface area contributed by atoms with Crippen molar-refractivity contribution in [1.29, 1.82) is 0 Å². The molecule has 2 atom stereocenters. The first-order valence-electron chi connectivity index (χ1n) is 7.94. The van der Waals surface area contributed by atoms with Crippen molar-refractivity contribution in [2.24, 2.45) is 0 Å². The maximum atomic E-state index is 10.3. The molecule has 0 unspecified atom stereocenters. The maximum absolute atomic E-state index is 10.3. The maximum Gasteiger partial charge on any atom is 0.129 e. The molecule has 1 aromatic heterocycles. The molecular weight excluding hydrogens is 394 g/mol. The zero-order valence-electron chi connectivity index (χ0n) is 13.6. The van der Waals surface area contributed by atoms with Crippen LogP contribution < -0.4 is 4.90 Å². The Balaban J connectivity index is 1.77. The van der Waals surface area contributed by atoms with Crippen LogP contribution in [0, 0.1) is 0 Å². The van der Waals surface area contributed by atoms with Crippen molar-refractivity contribution in [2.45, 2.75) is 25.4 Å². The van der Waals surface area contributed by atoms with Crippen LogP contribution in [0.15, 0.2) is 16.6 Å². The highest BCUT2D eigenvalue weighted by atomic mass is 79.9. The topological polar surface area (TPSA) is 48.8 Å². The van der Waals surface area contributed by atoms with E-state index in [1.165, 1.54) is 0 Å². The predicted octanol–water partition coefficient (Wildman–Crippen LogP) is 2.79. The van der Waals surface area contributed by atoms with E-state index >= 15 is 0 Å². The molecular formula is C17H19BrClN3O2. The van der Waals surface area contributed by atoms with Crippen LogP contribution in [0.2, 0.25) is 5.02 Å². The number of aliphatic hydroxyl groups excluding tert-OH is 1. The Kier molecular flexibility index (Phi) is 4.21. The molecule has 4 rings (SSSR count). The summed E-state index contributed by atoms with van der Waals surface area (Å²) in [6, 6.07) is 4.19. The average molecular weight is 413 g/mol. The van der Waals surface area contributed by atoms with Crippen molar-refractivity contribution in [3.05, 3.63) is 32.8 Å². The third kappa shape index (κ3) is 2.52. The summed E-state index contributed by atoms with van der Waals surface area (Å²) in [5.41, 5.74) is 3.06. The summed E-state index contributed by atoms with van der Waals surface area (Å²) in [5, 5.41) is 11.9. The van der Waals surface area contributed by atoms with Gasteiger partial charge in [0.1, 0.15) is 5.82 Å². The number of likely N-dealkylation sites (N-methyl/N-ethyl adjacent to an activating group) is 1. The Morgan fingerprint density at radius 1 is 1.29 bits per heavy atom. The van der Waals surface area contributed by atoms with Gasteiger partial charge in [0.05, 0.1) is 35.9 Å². The van der Waals surface area contributed by atoms with Gasteiger partial charge in [0.25, 0.3) is 0 Å². The lowest BCUT2D eigenvalue weighted by Gasteiger charge is -2.22. The number of aromatic nitrogens is 1. The molecule has 7 heteroatoms. The van der Waals surface area contributed by atoms with E-state index in [4.69, 9.17) is 21.3 Å². The van der Waals surface area contributed by atoms with Crippen LogP contribution in [0.5, 0.6) is 0 Å². The molecule has 1 saturated heterocycles. The standard InChI is InChI=1S/C17H19BrClN3O2/c1-21(2)12-5-22(6-13(12)23)14-4-3-9-10-7-24-8-11(10)15(18)16(19)17(9)20-14/h3-4,12-13,23H,5-8H2,1-2H3/t12-,13+/m1/s1. The number of hydrogen-bond donors (Lipinski definition) is 1. The van der Waals surface area contributed by atoms with Gasteiger partial charge in [-0.25, -0.2) is 4.98 Å². The van der Waals surface area contributed by atoms with Crippen LogP contribution in [0.25, 0.3) is 10.9 Å². The number of aliphatic hydroxyl groups is 1. The van der Waals surface area contributed by atoms with E-state index in [2.05, 4.69) is 31.8 Å². The fraction of sp³-hybridized carbons (Fsp3) is 0.471. The van der Waals surface area contributed by atoms with E-state index < -0.39 is 0 Å².